The fourth-order valence-electron chi connectivity index (χ4n) is 3.56. The maximum absolute atomic E-state index is 12.6. The molecule has 0 N–H and O–H groups in total. The SMILES string of the molecule is CC1CN(C(=O)C2CCCCO2)CCN1c1nc2ccccc2o1. The number of carbonyl (C=O) groups is 1. The van der Waals surface area contributed by atoms with Gasteiger partial charge in [0.05, 0.1) is 0 Å². The topological polar surface area (TPSA) is 58.8 Å². The lowest BCUT2D eigenvalue weighted by Gasteiger charge is -2.40. The van der Waals surface area contributed by atoms with Crippen LogP contribution in [-0.2, 0) is 9.53 Å². The number of carbonyl (C=O) groups excluding carboxylic acids is 1. The Kier molecular flexibility index (Phi) is 4.14. The molecule has 2 fully saturated rings. The summed E-state index contributed by atoms with van der Waals surface area (Å²) in [6.45, 7) is 4.90. The molecule has 0 saturated carbocycles. The Morgan fingerprint density at radius 1 is 1.25 bits per heavy atom. The number of para-hydroxylation sites is 2. The van der Waals surface area contributed by atoms with E-state index in [1.54, 1.807) is 0 Å². The normalized spacial score (nSPS) is 25.2. The molecular formula is C18H23N3O3. The van der Waals surface area contributed by atoms with Gasteiger partial charge in [0.15, 0.2) is 5.58 Å². The summed E-state index contributed by atoms with van der Waals surface area (Å²) in [7, 11) is 0. The molecule has 2 aromatic rings. The van der Waals surface area contributed by atoms with Gasteiger partial charge in [-0.3, -0.25) is 4.79 Å². The maximum atomic E-state index is 12.6. The van der Waals surface area contributed by atoms with Gasteiger partial charge in [0.2, 0.25) is 0 Å². The summed E-state index contributed by atoms with van der Waals surface area (Å²) >= 11 is 0. The van der Waals surface area contributed by atoms with Gasteiger partial charge in [-0.15, -0.1) is 0 Å². The first-order valence-electron chi connectivity index (χ1n) is 8.75. The van der Waals surface area contributed by atoms with E-state index in [9.17, 15) is 4.79 Å². The van der Waals surface area contributed by atoms with Gasteiger partial charge >= 0.3 is 0 Å². The molecular weight excluding hydrogens is 306 g/mol. The van der Waals surface area contributed by atoms with Crippen LogP contribution >= 0.6 is 0 Å². The highest BCUT2D eigenvalue weighted by Crippen LogP contribution is 2.25. The van der Waals surface area contributed by atoms with E-state index in [-0.39, 0.29) is 18.1 Å². The number of aromatic nitrogens is 1. The molecule has 1 aromatic carbocycles. The molecule has 1 aromatic heterocycles. The second-order valence-electron chi connectivity index (χ2n) is 6.65. The van der Waals surface area contributed by atoms with Gasteiger partial charge in [-0.2, -0.15) is 4.98 Å². The van der Waals surface area contributed by atoms with E-state index in [0.717, 1.165) is 36.9 Å². The number of ether oxygens (including phenoxy) is 1. The molecule has 0 aliphatic carbocycles. The van der Waals surface area contributed by atoms with Crippen LogP contribution in [-0.4, -0.2) is 54.2 Å². The molecule has 128 valence electrons. The Bertz CT molecular complexity index is 690. The van der Waals surface area contributed by atoms with Gasteiger partial charge in [0, 0.05) is 32.3 Å². The van der Waals surface area contributed by atoms with Gasteiger partial charge in [-0.1, -0.05) is 12.1 Å². The first kappa shape index (κ1) is 15.4. The Morgan fingerprint density at radius 2 is 2.12 bits per heavy atom. The molecule has 1 amide bonds. The molecule has 0 bridgehead atoms. The van der Waals surface area contributed by atoms with Gasteiger partial charge in [0.1, 0.15) is 11.6 Å². The van der Waals surface area contributed by atoms with Crippen molar-refractivity contribution in [3.63, 3.8) is 0 Å². The van der Waals surface area contributed by atoms with E-state index >= 15 is 0 Å². The molecule has 4 rings (SSSR count). The van der Waals surface area contributed by atoms with Crippen LogP contribution in [0.15, 0.2) is 28.7 Å². The van der Waals surface area contributed by atoms with Gasteiger partial charge in [-0.05, 0) is 38.3 Å². The number of fused-ring (bicyclic) bond motifs is 1. The van der Waals surface area contributed by atoms with E-state index in [2.05, 4.69) is 16.8 Å². The summed E-state index contributed by atoms with van der Waals surface area (Å²) in [5.41, 5.74) is 1.67. The molecule has 2 aliphatic heterocycles. The third-order valence-electron chi connectivity index (χ3n) is 4.92. The first-order chi connectivity index (χ1) is 11.7. The molecule has 0 spiro atoms. The van der Waals surface area contributed by atoms with E-state index in [1.165, 1.54) is 0 Å². The molecule has 2 atom stereocenters. The highest BCUT2D eigenvalue weighted by molar-refractivity contribution is 5.81. The molecule has 24 heavy (non-hydrogen) atoms. The van der Waals surface area contributed by atoms with E-state index in [1.807, 2.05) is 29.2 Å². The standard InChI is InChI=1S/C18H23N3O3/c1-13-12-20(17(22)16-8-4-5-11-23-16)9-10-21(13)18-19-14-6-2-3-7-15(14)24-18/h2-3,6-7,13,16H,4-5,8-12H2,1H3. The third kappa shape index (κ3) is 2.86. The lowest BCUT2D eigenvalue weighted by Crippen LogP contribution is -2.56. The van der Waals surface area contributed by atoms with Crippen molar-refractivity contribution in [1.82, 2.24) is 9.88 Å². The van der Waals surface area contributed by atoms with Crippen molar-refractivity contribution >= 4 is 23.0 Å². The number of benzene rings is 1. The minimum atomic E-state index is -0.248. The Hall–Kier alpha value is -2.08. The van der Waals surface area contributed by atoms with E-state index in [4.69, 9.17) is 9.15 Å². The zero-order valence-electron chi connectivity index (χ0n) is 14.0. The number of nitrogens with zero attached hydrogens (tertiary/aromatic N) is 3. The summed E-state index contributed by atoms with van der Waals surface area (Å²) in [6.07, 6.45) is 2.74. The number of hydrogen-bond donors (Lipinski definition) is 0. The van der Waals surface area contributed by atoms with Crippen molar-refractivity contribution in [2.45, 2.75) is 38.3 Å². The van der Waals surface area contributed by atoms with Crippen molar-refractivity contribution in [3.8, 4) is 0 Å². The van der Waals surface area contributed by atoms with E-state index in [0.29, 0.717) is 25.7 Å². The zero-order valence-corrected chi connectivity index (χ0v) is 14.0. The smallest absolute Gasteiger partial charge is 0.298 e. The van der Waals surface area contributed by atoms with Crippen LogP contribution in [0.3, 0.4) is 0 Å². The minimum Gasteiger partial charge on any atom is -0.423 e. The molecule has 6 nitrogen and oxygen atoms in total. The average molecular weight is 329 g/mol. The van der Waals surface area contributed by atoms with Crippen LogP contribution in [0, 0.1) is 0 Å². The summed E-state index contributed by atoms with van der Waals surface area (Å²) in [4.78, 5) is 21.3. The van der Waals surface area contributed by atoms with Crippen LogP contribution in [0.25, 0.3) is 11.1 Å². The van der Waals surface area contributed by atoms with Gasteiger partial charge in [0.25, 0.3) is 11.9 Å². The van der Waals surface area contributed by atoms with Crippen molar-refractivity contribution in [2.24, 2.45) is 0 Å². The summed E-state index contributed by atoms with van der Waals surface area (Å²) in [6, 6.07) is 8.59. The summed E-state index contributed by atoms with van der Waals surface area (Å²) in [5.74, 6) is 0.138. The number of hydrogen-bond acceptors (Lipinski definition) is 5. The lowest BCUT2D eigenvalue weighted by atomic mass is 10.1. The average Bonchev–Trinajstić information content (AvgIpc) is 3.05. The Morgan fingerprint density at radius 3 is 2.88 bits per heavy atom. The fraction of sp³-hybridized carbons (Fsp3) is 0.556. The number of piperazine rings is 1. The Balaban J connectivity index is 1.45. The number of rotatable bonds is 2. The second kappa shape index (κ2) is 6.43. The number of anilines is 1. The van der Waals surface area contributed by atoms with Crippen molar-refractivity contribution in [2.75, 3.05) is 31.1 Å². The van der Waals surface area contributed by atoms with Crippen molar-refractivity contribution in [1.29, 1.82) is 0 Å². The minimum absolute atomic E-state index is 0.138. The second-order valence-corrected chi connectivity index (χ2v) is 6.65. The van der Waals surface area contributed by atoms with Gasteiger partial charge in [-0.25, -0.2) is 0 Å². The number of amides is 1. The van der Waals surface area contributed by atoms with Crippen LogP contribution < -0.4 is 4.90 Å². The van der Waals surface area contributed by atoms with Crippen LogP contribution in [0.4, 0.5) is 6.01 Å². The zero-order chi connectivity index (χ0) is 16.5. The lowest BCUT2D eigenvalue weighted by molar-refractivity contribution is -0.147. The largest absolute Gasteiger partial charge is 0.423 e. The third-order valence-corrected chi connectivity index (χ3v) is 4.92. The fourth-order valence-corrected chi connectivity index (χ4v) is 3.56. The summed E-state index contributed by atoms with van der Waals surface area (Å²) in [5, 5.41) is 0. The van der Waals surface area contributed by atoms with Gasteiger partial charge < -0.3 is 19.0 Å². The predicted molar refractivity (Wildman–Crippen MR) is 91.0 cm³/mol. The molecule has 0 radical (unpaired) electrons. The highest BCUT2D eigenvalue weighted by Gasteiger charge is 2.33. The van der Waals surface area contributed by atoms with Crippen LogP contribution in [0.1, 0.15) is 26.2 Å². The van der Waals surface area contributed by atoms with Crippen LogP contribution in [0.5, 0.6) is 0 Å². The predicted octanol–water partition coefficient (Wildman–Crippen LogP) is 2.43. The molecule has 3 heterocycles. The van der Waals surface area contributed by atoms with Crippen molar-refractivity contribution in [3.05, 3.63) is 24.3 Å². The van der Waals surface area contributed by atoms with E-state index < -0.39 is 0 Å². The van der Waals surface area contributed by atoms with Crippen LogP contribution in [0.2, 0.25) is 0 Å². The van der Waals surface area contributed by atoms with Crippen molar-refractivity contribution < 1.29 is 13.9 Å². The number of oxazole rings is 1. The molecule has 6 heteroatoms. The first-order valence-corrected chi connectivity index (χ1v) is 8.75. The molecule has 2 aliphatic rings. The highest BCUT2D eigenvalue weighted by atomic mass is 16.5. The molecule has 2 saturated heterocycles. The quantitative estimate of drug-likeness (QED) is 0.847. The Labute approximate surface area is 141 Å². The molecule has 2 unspecified atom stereocenters. The summed E-state index contributed by atoms with van der Waals surface area (Å²) < 4.78 is 11.5. The monoisotopic (exact) mass is 329 g/mol. The maximum Gasteiger partial charge on any atom is 0.298 e.